The van der Waals surface area contributed by atoms with Gasteiger partial charge in [-0.25, -0.2) is 0 Å². The molecule has 0 saturated carbocycles. The first-order chi connectivity index (χ1) is 17.3. The van der Waals surface area contributed by atoms with Crippen LogP contribution in [0.15, 0.2) is 70.7 Å². The lowest BCUT2D eigenvalue weighted by Gasteiger charge is -2.26. The van der Waals surface area contributed by atoms with Gasteiger partial charge < -0.3 is 19.3 Å². The van der Waals surface area contributed by atoms with Crippen LogP contribution in [0.25, 0.3) is 5.76 Å². The Balaban J connectivity index is 1.96. The van der Waals surface area contributed by atoms with Crippen molar-refractivity contribution in [1.82, 2.24) is 0 Å². The zero-order chi connectivity index (χ0) is 26.0. The van der Waals surface area contributed by atoms with Gasteiger partial charge in [-0.1, -0.05) is 34.1 Å². The standard InChI is InChI=1S/C28H26BrNO6/c1-5-36-20-8-6-7-19(15-20)30-25(17-10-12-22(34-3)23(14-17)35-4)24(27(32)28(30)33)26(31)18-9-11-21(29)16(2)13-18/h6-15,25,31H,5H2,1-4H3/b26-24-. The number of halogens is 1. The average Bonchev–Trinajstić information content (AvgIpc) is 3.15. The van der Waals surface area contributed by atoms with E-state index in [-0.39, 0.29) is 11.3 Å². The number of nitrogens with zero attached hydrogens (tertiary/aromatic N) is 1. The van der Waals surface area contributed by atoms with Crippen molar-refractivity contribution in [3.8, 4) is 17.2 Å². The fraction of sp³-hybridized carbons (Fsp3) is 0.214. The van der Waals surface area contributed by atoms with Gasteiger partial charge in [0.05, 0.1) is 32.4 Å². The van der Waals surface area contributed by atoms with E-state index in [2.05, 4.69) is 15.9 Å². The summed E-state index contributed by atoms with van der Waals surface area (Å²) < 4.78 is 17.3. The normalized spacial score (nSPS) is 16.8. The van der Waals surface area contributed by atoms with Crippen molar-refractivity contribution >= 4 is 39.1 Å². The van der Waals surface area contributed by atoms with E-state index in [1.165, 1.54) is 19.1 Å². The van der Waals surface area contributed by atoms with Crippen molar-refractivity contribution in [3.05, 3.63) is 87.4 Å². The third-order valence-electron chi connectivity index (χ3n) is 6.01. The number of carbonyl (C=O) groups excluding carboxylic acids is 2. The van der Waals surface area contributed by atoms with Gasteiger partial charge in [0.15, 0.2) is 11.5 Å². The van der Waals surface area contributed by atoms with Crippen molar-refractivity contribution in [1.29, 1.82) is 0 Å². The summed E-state index contributed by atoms with van der Waals surface area (Å²) in [6.07, 6.45) is 0. The highest BCUT2D eigenvalue weighted by atomic mass is 79.9. The SMILES string of the molecule is CCOc1cccc(N2C(=O)C(=O)/C(=C(\O)c3ccc(Br)c(C)c3)C2c2ccc(OC)c(OC)c2)c1. The zero-order valence-electron chi connectivity index (χ0n) is 20.4. The second-order valence-corrected chi connectivity index (χ2v) is 9.03. The number of anilines is 1. The van der Waals surface area contributed by atoms with Crippen molar-refractivity contribution in [3.63, 3.8) is 0 Å². The first-order valence-corrected chi connectivity index (χ1v) is 12.1. The first-order valence-electron chi connectivity index (χ1n) is 11.3. The molecule has 0 radical (unpaired) electrons. The fourth-order valence-electron chi connectivity index (χ4n) is 4.27. The largest absolute Gasteiger partial charge is 0.507 e. The predicted octanol–water partition coefficient (Wildman–Crippen LogP) is 5.80. The number of hydrogen-bond donors (Lipinski definition) is 1. The number of aliphatic hydroxyl groups excluding tert-OH is 1. The number of hydrogen-bond acceptors (Lipinski definition) is 6. The molecule has 0 aromatic heterocycles. The summed E-state index contributed by atoms with van der Waals surface area (Å²) in [7, 11) is 3.04. The van der Waals surface area contributed by atoms with Gasteiger partial charge in [0, 0.05) is 21.8 Å². The minimum atomic E-state index is -0.911. The van der Waals surface area contributed by atoms with E-state index in [0.717, 1.165) is 10.0 Å². The third-order valence-corrected chi connectivity index (χ3v) is 6.90. The van der Waals surface area contributed by atoms with Gasteiger partial charge in [-0.15, -0.1) is 0 Å². The smallest absolute Gasteiger partial charge is 0.300 e. The molecule has 1 N–H and O–H groups in total. The average molecular weight is 552 g/mol. The maximum absolute atomic E-state index is 13.4. The van der Waals surface area contributed by atoms with Crippen molar-refractivity contribution < 1.29 is 28.9 Å². The second-order valence-electron chi connectivity index (χ2n) is 8.18. The Hall–Kier alpha value is -3.78. The van der Waals surface area contributed by atoms with E-state index in [1.54, 1.807) is 60.7 Å². The molecular formula is C28H26BrNO6. The van der Waals surface area contributed by atoms with Crippen LogP contribution >= 0.6 is 15.9 Å². The molecule has 8 heteroatoms. The second kappa shape index (κ2) is 10.5. The van der Waals surface area contributed by atoms with Crippen molar-refractivity contribution in [2.45, 2.75) is 19.9 Å². The molecule has 1 unspecified atom stereocenters. The Labute approximate surface area is 218 Å². The molecular weight excluding hydrogens is 526 g/mol. The molecule has 7 nitrogen and oxygen atoms in total. The van der Waals surface area contributed by atoms with E-state index in [0.29, 0.717) is 40.7 Å². The van der Waals surface area contributed by atoms with Crippen LogP contribution in [-0.4, -0.2) is 37.6 Å². The maximum Gasteiger partial charge on any atom is 0.300 e. The summed E-state index contributed by atoms with van der Waals surface area (Å²) in [6, 6.07) is 16.4. The van der Waals surface area contributed by atoms with E-state index in [4.69, 9.17) is 14.2 Å². The number of aryl methyl sites for hydroxylation is 1. The van der Waals surface area contributed by atoms with Crippen LogP contribution in [0.4, 0.5) is 5.69 Å². The monoisotopic (exact) mass is 551 g/mol. The lowest BCUT2D eigenvalue weighted by molar-refractivity contribution is -0.132. The zero-order valence-corrected chi connectivity index (χ0v) is 22.0. The maximum atomic E-state index is 13.4. The first kappa shape index (κ1) is 25.3. The van der Waals surface area contributed by atoms with Crippen LogP contribution in [-0.2, 0) is 9.59 Å². The van der Waals surface area contributed by atoms with Gasteiger partial charge in [0.1, 0.15) is 11.5 Å². The summed E-state index contributed by atoms with van der Waals surface area (Å²) in [5, 5.41) is 11.4. The van der Waals surface area contributed by atoms with Gasteiger partial charge in [-0.05, 0) is 61.4 Å². The highest BCUT2D eigenvalue weighted by Gasteiger charge is 2.47. The quantitative estimate of drug-likeness (QED) is 0.227. The van der Waals surface area contributed by atoms with Gasteiger partial charge in [0.2, 0.25) is 0 Å². The highest BCUT2D eigenvalue weighted by molar-refractivity contribution is 9.10. The molecule has 0 spiro atoms. The molecule has 4 rings (SSSR count). The van der Waals surface area contributed by atoms with Crippen LogP contribution in [0, 0.1) is 6.92 Å². The number of rotatable bonds is 7. The number of aliphatic hydroxyl groups is 1. The number of ketones is 1. The van der Waals surface area contributed by atoms with Gasteiger partial charge in [-0.2, -0.15) is 0 Å². The fourth-order valence-corrected chi connectivity index (χ4v) is 4.52. The molecule has 0 aliphatic carbocycles. The van der Waals surface area contributed by atoms with Crippen LogP contribution in [0.1, 0.15) is 29.7 Å². The van der Waals surface area contributed by atoms with Crippen molar-refractivity contribution in [2.24, 2.45) is 0 Å². The molecule has 36 heavy (non-hydrogen) atoms. The molecule has 0 bridgehead atoms. The molecule has 3 aromatic rings. The third kappa shape index (κ3) is 4.56. The molecule has 1 heterocycles. The van der Waals surface area contributed by atoms with Gasteiger partial charge in [0.25, 0.3) is 11.7 Å². The summed E-state index contributed by atoms with van der Waals surface area (Å²) in [6.45, 7) is 4.19. The van der Waals surface area contributed by atoms with E-state index >= 15 is 0 Å². The minimum Gasteiger partial charge on any atom is -0.507 e. The summed E-state index contributed by atoms with van der Waals surface area (Å²) in [5.74, 6) is -0.296. The number of methoxy groups -OCH3 is 2. The predicted molar refractivity (Wildman–Crippen MR) is 141 cm³/mol. The summed E-state index contributed by atoms with van der Waals surface area (Å²) >= 11 is 3.46. The Bertz CT molecular complexity index is 1370. The van der Waals surface area contributed by atoms with E-state index in [1.807, 2.05) is 13.8 Å². The van der Waals surface area contributed by atoms with Gasteiger partial charge >= 0.3 is 0 Å². The van der Waals surface area contributed by atoms with Crippen LogP contribution in [0.3, 0.4) is 0 Å². The number of benzene rings is 3. The number of amides is 1. The molecule has 1 fully saturated rings. The summed E-state index contributed by atoms with van der Waals surface area (Å²) in [4.78, 5) is 28.2. The lowest BCUT2D eigenvalue weighted by atomic mass is 9.94. The van der Waals surface area contributed by atoms with Crippen LogP contribution in [0.5, 0.6) is 17.2 Å². The highest BCUT2D eigenvalue weighted by Crippen LogP contribution is 2.44. The molecule has 1 aliphatic rings. The van der Waals surface area contributed by atoms with Gasteiger partial charge in [-0.3, -0.25) is 14.5 Å². The molecule has 1 amide bonds. The number of ether oxygens (including phenoxy) is 3. The molecule has 1 atom stereocenters. The minimum absolute atomic E-state index is 0.0178. The van der Waals surface area contributed by atoms with E-state index < -0.39 is 17.7 Å². The van der Waals surface area contributed by atoms with Crippen molar-refractivity contribution in [2.75, 3.05) is 25.7 Å². The Morgan fingerprint density at radius 1 is 1.00 bits per heavy atom. The molecule has 1 saturated heterocycles. The summed E-state index contributed by atoms with van der Waals surface area (Å²) in [5.41, 5.74) is 2.33. The Morgan fingerprint density at radius 3 is 2.42 bits per heavy atom. The molecule has 3 aromatic carbocycles. The van der Waals surface area contributed by atoms with Crippen LogP contribution in [0.2, 0.25) is 0 Å². The van der Waals surface area contributed by atoms with E-state index in [9.17, 15) is 14.7 Å². The number of Topliss-reactive ketones (excluding diaryl/α,β-unsaturated/α-hetero) is 1. The lowest BCUT2D eigenvalue weighted by Crippen LogP contribution is -2.29. The molecule has 1 aliphatic heterocycles. The van der Waals surface area contributed by atoms with Crippen LogP contribution < -0.4 is 19.1 Å². The molecule has 186 valence electrons. The number of carbonyl (C=O) groups is 2. The topological polar surface area (TPSA) is 85.3 Å². The Morgan fingerprint density at radius 2 is 1.75 bits per heavy atom. The Kier molecular flexibility index (Phi) is 7.35.